The minimum Gasteiger partial charge on any atom is -0.491 e. The van der Waals surface area contributed by atoms with Crippen molar-refractivity contribution in [3.63, 3.8) is 0 Å². The number of benzene rings is 4. The standard InChI is InChI=1S/C35H36O6/c1-3-7-27(8-4-1)35(28-9-5-2-6-10-28,29-11-15-31(16-12-29)38-21-19-36-23-33-25-40-33)30-13-17-32(18-14-30)39-22-20-37-24-34-26-41-34/h1-18,33-34H,19-26H2. The SMILES string of the molecule is c1ccc(C(c2ccccc2)(c2ccc(OCCOCC3CO3)cc2)c2ccc(OCCOCC3CO3)cc2)cc1. The van der Waals surface area contributed by atoms with Gasteiger partial charge in [0.2, 0.25) is 0 Å². The lowest BCUT2D eigenvalue weighted by molar-refractivity contribution is 0.0878. The highest BCUT2D eigenvalue weighted by Crippen LogP contribution is 2.45. The van der Waals surface area contributed by atoms with Crippen LogP contribution in [0.1, 0.15) is 22.3 Å². The predicted octanol–water partition coefficient (Wildman–Crippen LogP) is 5.66. The van der Waals surface area contributed by atoms with E-state index in [1.54, 1.807) is 0 Å². The van der Waals surface area contributed by atoms with E-state index in [1.807, 2.05) is 24.3 Å². The summed E-state index contributed by atoms with van der Waals surface area (Å²) in [6.45, 7) is 4.93. The molecule has 0 bridgehead atoms. The second-order valence-electron chi connectivity index (χ2n) is 10.3. The summed E-state index contributed by atoms with van der Waals surface area (Å²) in [5.41, 5.74) is 4.11. The van der Waals surface area contributed by atoms with Gasteiger partial charge in [-0.1, -0.05) is 84.9 Å². The van der Waals surface area contributed by atoms with Gasteiger partial charge in [-0.3, -0.25) is 0 Å². The molecule has 2 aliphatic rings. The van der Waals surface area contributed by atoms with E-state index in [1.165, 1.54) is 11.1 Å². The Labute approximate surface area is 241 Å². The number of ether oxygens (including phenoxy) is 6. The van der Waals surface area contributed by atoms with E-state index in [0.717, 1.165) is 35.8 Å². The van der Waals surface area contributed by atoms with Crippen LogP contribution >= 0.6 is 0 Å². The average molecular weight is 553 g/mol. The van der Waals surface area contributed by atoms with Crippen LogP contribution in [0, 0.1) is 0 Å². The first-order valence-electron chi connectivity index (χ1n) is 14.3. The van der Waals surface area contributed by atoms with Crippen LogP contribution in [-0.2, 0) is 24.4 Å². The molecule has 212 valence electrons. The van der Waals surface area contributed by atoms with E-state index in [0.29, 0.717) is 39.6 Å². The summed E-state index contributed by atoms with van der Waals surface area (Å²) >= 11 is 0. The smallest absolute Gasteiger partial charge is 0.119 e. The lowest BCUT2D eigenvalue weighted by Crippen LogP contribution is -2.31. The van der Waals surface area contributed by atoms with E-state index in [-0.39, 0.29) is 12.2 Å². The molecule has 0 N–H and O–H groups in total. The van der Waals surface area contributed by atoms with E-state index in [9.17, 15) is 0 Å². The molecule has 2 unspecified atom stereocenters. The van der Waals surface area contributed by atoms with Gasteiger partial charge >= 0.3 is 0 Å². The van der Waals surface area contributed by atoms with Crippen molar-refractivity contribution in [3.05, 3.63) is 131 Å². The molecule has 0 amide bonds. The third kappa shape index (κ3) is 6.97. The number of rotatable bonds is 16. The first kappa shape index (κ1) is 27.5. The van der Waals surface area contributed by atoms with Crippen LogP contribution in [0.15, 0.2) is 109 Å². The highest BCUT2D eigenvalue weighted by Gasteiger charge is 2.38. The van der Waals surface area contributed by atoms with Crippen LogP contribution < -0.4 is 9.47 Å². The predicted molar refractivity (Wildman–Crippen MR) is 157 cm³/mol. The first-order valence-corrected chi connectivity index (χ1v) is 14.3. The third-order valence-corrected chi connectivity index (χ3v) is 7.39. The summed E-state index contributed by atoms with van der Waals surface area (Å²) in [7, 11) is 0. The molecular weight excluding hydrogens is 516 g/mol. The van der Waals surface area contributed by atoms with E-state index in [4.69, 9.17) is 28.4 Å². The fourth-order valence-corrected chi connectivity index (χ4v) is 5.17. The Hall–Kier alpha value is -3.68. The van der Waals surface area contributed by atoms with Crippen LogP contribution in [0.5, 0.6) is 11.5 Å². The van der Waals surface area contributed by atoms with Gasteiger partial charge in [-0.05, 0) is 46.5 Å². The number of hydrogen-bond donors (Lipinski definition) is 0. The molecule has 2 fully saturated rings. The molecule has 2 heterocycles. The van der Waals surface area contributed by atoms with E-state index >= 15 is 0 Å². The zero-order valence-electron chi connectivity index (χ0n) is 23.2. The Kier molecular flexibility index (Phi) is 8.93. The molecule has 0 aromatic heterocycles. The molecule has 2 atom stereocenters. The molecule has 4 aromatic rings. The molecule has 0 radical (unpaired) electrons. The lowest BCUT2D eigenvalue weighted by Gasteiger charge is -2.37. The summed E-state index contributed by atoms with van der Waals surface area (Å²) in [5.74, 6) is 1.63. The largest absolute Gasteiger partial charge is 0.491 e. The van der Waals surface area contributed by atoms with Crippen LogP contribution in [0.3, 0.4) is 0 Å². The fraction of sp³-hybridized carbons (Fsp3) is 0.314. The van der Waals surface area contributed by atoms with Gasteiger partial charge in [-0.25, -0.2) is 0 Å². The normalized spacial score (nSPS) is 17.7. The number of hydrogen-bond acceptors (Lipinski definition) is 6. The van der Waals surface area contributed by atoms with Gasteiger partial charge in [-0.15, -0.1) is 0 Å². The topological polar surface area (TPSA) is 62.0 Å². The van der Waals surface area contributed by atoms with Crippen molar-refractivity contribution in [2.24, 2.45) is 0 Å². The summed E-state index contributed by atoms with van der Waals surface area (Å²) < 4.78 is 33.6. The molecule has 6 nitrogen and oxygen atoms in total. The summed E-state index contributed by atoms with van der Waals surface area (Å²) in [6.07, 6.45) is 0.529. The van der Waals surface area contributed by atoms with Gasteiger partial charge in [0, 0.05) is 0 Å². The van der Waals surface area contributed by atoms with Crippen LogP contribution in [0.4, 0.5) is 0 Å². The van der Waals surface area contributed by atoms with Crippen LogP contribution in [0.25, 0.3) is 0 Å². The lowest BCUT2D eigenvalue weighted by atomic mass is 9.65. The Morgan fingerprint density at radius 1 is 0.488 bits per heavy atom. The minimum atomic E-state index is -0.541. The third-order valence-electron chi connectivity index (χ3n) is 7.39. The molecule has 6 rings (SSSR count). The van der Waals surface area contributed by atoms with Gasteiger partial charge in [-0.2, -0.15) is 0 Å². The summed E-state index contributed by atoms with van der Waals surface area (Å²) in [4.78, 5) is 0. The van der Waals surface area contributed by atoms with Crippen LogP contribution in [-0.4, -0.2) is 65.1 Å². The van der Waals surface area contributed by atoms with Crippen molar-refractivity contribution >= 4 is 0 Å². The molecule has 0 aliphatic carbocycles. The van der Waals surface area contributed by atoms with Crippen molar-refractivity contribution in [3.8, 4) is 11.5 Å². The van der Waals surface area contributed by atoms with Gasteiger partial charge in [0.15, 0.2) is 0 Å². The maximum Gasteiger partial charge on any atom is 0.119 e. The molecule has 0 spiro atoms. The highest BCUT2D eigenvalue weighted by molar-refractivity contribution is 5.60. The molecule has 0 saturated carbocycles. The Bertz CT molecular complexity index is 1230. The summed E-state index contributed by atoms with van der Waals surface area (Å²) in [5, 5.41) is 0. The molecule has 41 heavy (non-hydrogen) atoms. The Morgan fingerprint density at radius 3 is 1.22 bits per heavy atom. The van der Waals surface area contributed by atoms with Gasteiger partial charge in [0.1, 0.15) is 36.9 Å². The number of epoxide rings is 2. The zero-order chi connectivity index (χ0) is 27.7. The van der Waals surface area contributed by atoms with E-state index in [2.05, 4.69) is 84.9 Å². The average Bonchev–Trinajstić information content (AvgIpc) is 3.97. The van der Waals surface area contributed by atoms with E-state index < -0.39 is 5.41 Å². The molecule has 6 heteroatoms. The van der Waals surface area contributed by atoms with Crippen molar-refractivity contribution in [1.82, 2.24) is 0 Å². The van der Waals surface area contributed by atoms with Crippen molar-refractivity contribution in [1.29, 1.82) is 0 Å². The molecule has 4 aromatic carbocycles. The second-order valence-corrected chi connectivity index (χ2v) is 10.3. The van der Waals surface area contributed by atoms with Gasteiger partial charge in [0.05, 0.1) is 45.1 Å². The maximum atomic E-state index is 5.98. The molecular formula is C35H36O6. The Balaban J connectivity index is 1.26. The molecule has 2 aliphatic heterocycles. The Morgan fingerprint density at radius 2 is 0.854 bits per heavy atom. The summed E-state index contributed by atoms with van der Waals surface area (Å²) in [6, 6.07) is 38.1. The monoisotopic (exact) mass is 552 g/mol. The first-order chi connectivity index (χ1) is 20.3. The quantitative estimate of drug-likeness (QED) is 0.102. The second kappa shape index (κ2) is 13.3. The molecule has 2 saturated heterocycles. The highest BCUT2D eigenvalue weighted by atomic mass is 16.6. The van der Waals surface area contributed by atoms with Crippen molar-refractivity contribution in [2.75, 3.05) is 52.9 Å². The maximum absolute atomic E-state index is 5.98. The zero-order valence-corrected chi connectivity index (χ0v) is 23.2. The van der Waals surface area contributed by atoms with Gasteiger partial charge < -0.3 is 28.4 Å². The van der Waals surface area contributed by atoms with Gasteiger partial charge in [0.25, 0.3) is 0 Å². The fourth-order valence-electron chi connectivity index (χ4n) is 5.17. The van der Waals surface area contributed by atoms with Crippen molar-refractivity contribution in [2.45, 2.75) is 17.6 Å². The minimum absolute atomic E-state index is 0.264. The van der Waals surface area contributed by atoms with Crippen molar-refractivity contribution < 1.29 is 28.4 Å². The van der Waals surface area contributed by atoms with Crippen LogP contribution in [0.2, 0.25) is 0 Å².